The van der Waals surface area contributed by atoms with E-state index >= 15 is 0 Å². The summed E-state index contributed by atoms with van der Waals surface area (Å²) in [6.07, 6.45) is 5.03. The first-order valence-corrected chi connectivity index (χ1v) is 7.68. The molecular formula is C16H24N2S. The Kier molecular flexibility index (Phi) is 4.81. The van der Waals surface area contributed by atoms with Gasteiger partial charge >= 0.3 is 0 Å². The highest BCUT2D eigenvalue weighted by Gasteiger charge is 2.23. The topological polar surface area (TPSA) is 15.3 Å². The van der Waals surface area contributed by atoms with Crippen LogP contribution < -0.4 is 5.32 Å². The van der Waals surface area contributed by atoms with E-state index in [1.54, 1.807) is 0 Å². The fourth-order valence-electron chi connectivity index (χ4n) is 2.88. The molecule has 1 heterocycles. The molecule has 19 heavy (non-hydrogen) atoms. The maximum absolute atomic E-state index is 5.63. The number of anilines is 1. The number of para-hydroxylation sites is 1. The van der Waals surface area contributed by atoms with Gasteiger partial charge < -0.3 is 10.2 Å². The summed E-state index contributed by atoms with van der Waals surface area (Å²) < 4.78 is 0. The zero-order chi connectivity index (χ0) is 13.8. The summed E-state index contributed by atoms with van der Waals surface area (Å²) in [7, 11) is 0. The molecule has 2 rings (SSSR count). The standard InChI is InChI=1S/C16H24N2S/c1-4-14-10-5-6-11-18(14)16(19)17-15-12(2)8-7-9-13(15)3/h7-9,14H,4-6,10-11H2,1-3H3,(H,17,19). The Morgan fingerprint density at radius 3 is 2.63 bits per heavy atom. The van der Waals surface area contributed by atoms with Gasteiger partial charge in [0.1, 0.15) is 0 Å². The van der Waals surface area contributed by atoms with Crippen LogP contribution in [-0.4, -0.2) is 22.6 Å². The Hall–Kier alpha value is -1.09. The summed E-state index contributed by atoms with van der Waals surface area (Å²) in [6.45, 7) is 7.61. The number of hydrogen-bond acceptors (Lipinski definition) is 1. The van der Waals surface area contributed by atoms with Crippen molar-refractivity contribution in [2.75, 3.05) is 11.9 Å². The van der Waals surface area contributed by atoms with Crippen LogP contribution >= 0.6 is 12.2 Å². The molecule has 0 aliphatic carbocycles. The SMILES string of the molecule is CCC1CCCCN1C(=S)Nc1c(C)cccc1C. The van der Waals surface area contributed by atoms with Gasteiger partial charge in [-0.1, -0.05) is 25.1 Å². The van der Waals surface area contributed by atoms with Crippen molar-refractivity contribution in [3.8, 4) is 0 Å². The highest BCUT2D eigenvalue weighted by Crippen LogP contribution is 2.23. The molecule has 0 amide bonds. The van der Waals surface area contributed by atoms with Crippen molar-refractivity contribution in [1.82, 2.24) is 4.90 Å². The first-order chi connectivity index (χ1) is 9.13. The highest BCUT2D eigenvalue weighted by molar-refractivity contribution is 7.80. The number of rotatable bonds is 2. The van der Waals surface area contributed by atoms with Gasteiger partial charge in [0, 0.05) is 18.3 Å². The summed E-state index contributed by atoms with van der Waals surface area (Å²) in [4.78, 5) is 2.38. The molecule has 0 radical (unpaired) electrons. The van der Waals surface area contributed by atoms with Crippen molar-refractivity contribution in [2.45, 2.75) is 52.5 Å². The molecule has 1 aliphatic rings. The average molecular weight is 276 g/mol. The van der Waals surface area contributed by atoms with Crippen LogP contribution in [0.15, 0.2) is 18.2 Å². The first-order valence-electron chi connectivity index (χ1n) is 7.27. The van der Waals surface area contributed by atoms with Gasteiger partial charge in [0.25, 0.3) is 0 Å². The highest BCUT2D eigenvalue weighted by atomic mass is 32.1. The Bertz CT molecular complexity index is 436. The molecule has 0 spiro atoms. The van der Waals surface area contributed by atoms with E-state index in [2.05, 4.69) is 49.2 Å². The summed E-state index contributed by atoms with van der Waals surface area (Å²) in [6, 6.07) is 6.96. The van der Waals surface area contributed by atoms with Crippen molar-refractivity contribution in [1.29, 1.82) is 0 Å². The Labute approximate surface area is 122 Å². The minimum Gasteiger partial charge on any atom is -0.346 e. The fourth-order valence-corrected chi connectivity index (χ4v) is 3.23. The minimum absolute atomic E-state index is 0.609. The molecule has 1 aliphatic heterocycles. The van der Waals surface area contributed by atoms with E-state index in [0.717, 1.165) is 11.7 Å². The maximum atomic E-state index is 5.63. The zero-order valence-electron chi connectivity index (χ0n) is 12.2. The molecule has 1 aromatic carbocycles. The Balaban J connectivity index is 2.12. The number of thiocarbonyl (C=S) groups is 1. The van der Waals surface area contributed by atoms with Crippen molar-refractivity contribution < 1.29 is 0 Å². The van der Waals surface area contributed by atoms with E-state index in [1.165, 1.54) is 42.5 Å². The van der Waals surface area contributed by atoms with Crippen molar-refractivity contribution in [3.05, 3.63) is 29.3 Å². The molecule has 1 atom stereocenters. The van der Waals surface area contributed by atoms with E-state index < -0.39 is 0 Å². The molecule has 0 bridgehead atoms. The minimum atomic E-state index is 0.609. The predicted octanol–water partition coefficient (Wildman–Crippen LogP) is 4.26. The zero-order valence-corrected chi connectivity index (χ0v) is 13.0. The van der Waals surface area contributed by atoms with Crippen LogP contribution in [0.3, 0.4) is 0 Å². The molecule has 104 valence electrons. The third kappa shape index (κ3) is 3.27. The number of nitrogens with zero attached hydrogens (tertiary/aromatic N) is 1. The lowest BCUT2D eigenvalue weighted by atomic mass is 10.0. The lowest BCUT2D eigenvalue weighted by Gasteiger charge is -2.37. The molecule has 3 heteroatoms. The average Bonchev–Trinajstić information content (AvgIpc) is 2.42. The van der Waals surface area contributed by atoms with Gasteiger partial charge in [0.15, 0.2) is 5.11 Å². The van der Waals surface area contributed by atoms with Gasteiger partial charge in [0.2, 0.25) is 0 Å². The van der Waals surface area contributed by atoms with E-state index in [4.69, 9.17) is 12.2 Å². The van der Waals surface area contributed by atoms with Gasteiger partial charge in [-0.05, 0) is 62.9 Å². The lowest BCUT2D eigenvalue weighted by molar-refractivity contribution is 0.239. The third-order valence-corrected chi connectivity index (χ3v) is 4.41. The van der Waals surface area contributed by atoms with Gasteiger partial charge in [-0.15, -0.1) is 0 Å². The second-order valence-corrected chi connectivity index (χ2v) is 5.83. The van der Waals surface area contributed by atoms with E-state index in [0.29, 0.717) is 6.04 Å². The van der Waals surface area contributed by atoms with E-state index in [-0.39, 0.29) is 0 Å². The molecule has 2 nitrogen and oxygen atoms in total. The number of nitrogens with one attached hydrogen (secondary N) is 1. The monoisotopic (exact) mass is 276 g/mol. The molecule has 1 unspecified atom stereocenters. The second kappa shape index (κ2) is 6.38. The van der Waals surface area contributed by atoms with Crippen molar-refractivity contribution >= 4 is 23.0 Å². The smallest absolute Gasteiger partial charge is 0.173 e. The van der Waals surface area contributed by atoms with Crippen LogP contribution in [0.2, 0.25) is 0 Å². The molecular weight excluding hydrogens is 252 g/mol. The second-order valence-electron chi connectivity index (χ2n) is 5.45. The number of benzene rings is 1. The fraction of sp³-hybridized carbons (Fsp3) is 0.562. The van der Waals surface area contributed by atoms with Gasteiger partial charge in [-0.2, -0.15) is 0 Å². The molecule has 1 fully saturated rings. The normalized spacial score (nSPS) is 19.3. The number of hydrogen-bond donors (Lipinski definition) is 1. The Morgan fingerprint density at radius 1 is 1.32 bits per heavy atom. The van der Waals surface area contributed by atoms with Crippen LogP contribution in [0.25, 0.3) is 0 Å². The number of likely N-dealkylation sites (tertiary alicyclic amines) is 1. The number of piperidine rings is 1. The molecule has 1 aromatic rings. The van der Waals surface area contributed by atoms with Crippen LogP contribution in [0.1, 0.15) is 43.7 Å². The predicted molar refractivity (Wildman–Crippen MR) is 86.8 cm³/mol. The van der Waals surface area contributed by atoms with Crippen LogP contribution in [-0.2, 0) is 0 Å². The summed E-state index contributed by atoms with van der Waals surface area (Å²) in [5, 5.41) is 4.36. The van der Waals surface area contributed by atoms with Crippen molar-refractivity contribution in [2.24, 2.45) is 0 Å². The molecule has 1 saturated heterocycles. The van der Waals surface area contributed by atoms with E-state index in [1.807, 2.05) is 0 Å². The number of aryl methyl sites for hydroxylation is 2. The van der Waals surface area contributed by atoms with Gasteiger partial charge in [-0.3, -0.25) is 0 Å². The van der Waals surface area contributed by atoms with Crippen LogP contribution in [0.4, 0.5) is 5.69 Å². The molecule has 0 aromatic heterocycles. The van der Waals surface area contributed by atoms with Crippen LogP contribution in [0.5, 0.6) is 0 Å². The van der Waals surface area contributed by atoms with E-state index in [9.17, 15) is 0 Å². The quantitative estimate of drug-likeness (QED) is 0.812. The lowest BCUT2D eigenvalue weighted by Crippen LogP contribution is -2.45. The largest absolute Gasteiger partial charge is 0.346 e. The molecule has 1 N–H and O–H groups in total. The molecule has 0 saturated carbocycles. The van der Waals surface area contributed by atoms with Crippen LogP contribution in [0, 0.1) is 13.8 Å². The summed E-state index contributed by atoms with van der Waals surface area (Å²) in [5.41, 5.74) is 3.69. The summed E-state index contributed by atoms with van der Waals surface area (Å²) >= 11 is 5.63. The summed E-state index contributed by atoms with van der Waals surface area (Å²) in [5.74, 6) is 0. The van der Waals surface area contributed by atoms with Gasteiger partial charge in [0.05, 0.1) is 0 Å². The maximum Gasteiger partial charge on any atom is 0.173 e. The first kappa shape index (κ1) is 14.3. The Morgan fingerprint density at radius 2 is 2.00 bits per heavy atom. The van der Waals surface area contributed by atoms with Crippen molar-refractivity contribution in [3.63, 3.8) is 0 Å². The van der Waals surface area contributed by atoms with Gasteiger partial charge in [-0.25, -0.2) is 0 Å². The third-order valence-electron chi connectivity index (χ3n) is 4.07.